The van der Waals surface area contributed by atoms with Gasteiger partial charge in [0.25, 0.3) is 5.82 Å². The van der Waals surface area contributed by atoms with E-state index in [0.717, 1.165) is 5.56 Å². The SMILES string of the molecule is O=[N+]([O-])n1nnnc1C1Oc2ccccc21. The maximum atomic E-state index is 10.6. The van der Waals surface area contributed by atoms with Crippen LogP contribution in [0.4, 0.5) is 0 Å². The number of rotatable bonds is 2. The minimum absolute atomic E-state index is 0.0729. The lowest BCUT2D eigenvalue weighted by molar-refractivity contribution is -0.556. The van der Waals surface area contributed by atoms with Crippen LogP contribution in [0.2, 0.25) is 0 Å². The number of aromatic nitrogens is 4. The average molecular weight is 219 g/mol. The topological polar surface area (TPSA) is 96.0 Å². The summed E-state index contributed by atoms with van der Waals surface area (Å²) in [5.74, 6) is 0.772. The molecule has 1 unspecified atom stereocenters. The van der Waals surface area contributed by atoms with Gasteiger partial charge in [-0.25, -0.2) is 0 Å². The molecule has 0 amide bonds. The predicted molar refractivity (Wildman–Crippen MR) is 49.1 cm³/mol. The van der Waals surface area contributed by atoms with Crippen LogP contribution in [0, 0.1) is 10.1 Å². The zero-order valence-corrected chi connectivity index (χ0v) is 7.85. The largest absolute Gasteiger partial charge is 0.477 e. The standard InChI is InChI=1S/C8H5N5O3/c14-13(15)12-8(9-10-11-12)7-5-3-1-2-4-6(5)16-7/h1-4,7H. The molecule has 0 saturated heterocycles. The Balaban J connectivity index is 2.02. The lowest BCUT2D eigenvalue weighted by atomic mass is 10.0. The van der Waals surface area contributed by atoms with Crippen LogP contribution in [0.3, 0.4) is 0 Å². The summed E-state index contributed by atoms with van der Waals surface area (Å²) in [4.78, 5) is 11.1. The number of benzene rings is 1. The molecule has 2 heterocycles. The molecule has 0 aliphatic carbocycles. The summed E-state index contributed by atoms with van der Waals surface area (Å²) in [5.41, 5.74) is 0.848. The summed E-state index contributed by atoms with van der Waals surface area (Å²) in [6.45, 7) is 0. The molecule has 1 aromatic carbocycles. The maximum absolute atomic E-state index is 10.6. The first-order valence-electron chi connectivity index (χ1n) is 4.46. The summed E-state index contributed by atoms with van der Waals surface area (Å²) in [5, 5.41) is 20.0. The van der Waals surface area contributed by atoms with Gasteiger partial charge in [-0.3, -0.25) is 0 Å². The molecule has 1 atom stereocenters. The maximum Gasteiger partial charge on any atom is 0.270 e. The van der Waals surface area contributed by atoms with E-state index in [9.17, 15) is 10.1 Å². The number of hydrogen-bond donors (Lipinski definition) is 0. The Morgan fingerprint density at radius 1 is 1.44 bits per heavy atom. The van der Waals surface area contributed by atoms with E-state index in [4.69, 9.17) is 4.74 Å². The van der Waals surface area contributed by atoms with Crippen molar-refractivity contribution in [1.29, 1.82) is 0 Å². The van der Waals surface area contributed by atoms with Gasteiger partial charge in [0.05, 0.1) is 9.82 Å². The zero-order valence-electron chi connectivity index (χ0n) is 7.85. The Bertz CT molecular complexity index is 566. The van der Waals surface area contributed by atoms with E-state index >= 15 is 0 Å². The van der Waals surface area contributed by atoms with Gasteiger partial charge in [-0.15, -0.1) is 0 Å². The fourth-order valence-corrected chi connectivity index (χ4v) is 1.59. The normalized spacial score (nSPS) is 17.1. The Morgan fingerprint density at radius 3 is 3.00 bits per heavy atom. The summed E-state index contributed by atoms with van der Waals surface area (Å²) < 4.78 is 5.35. The third-order valence-corrected chi connectivity index (χ3v) is 2.31. The van der Waals surface area contributed by atoms with Gasteiger partial charge in [0.2, 0.25) is 5.21 Å². The van der Waals surface area contributed by atoms with Gasteiger partial charge in [-0.1, -0.05) is 23.3 Å². The lowest BCUT2D eigenvalue weighted by Crippen LogP contribution is -2.26. The van der Waals surface area contributed by atoms with Crippen LogP contribution in [0.5, 0.6) is 5.75 Å². The highest BCUT2D eigenvalue weighted by Crippen LogP contribution is 2.41. The fraction of sp³-hybridized carbons (Fsp3) is 0.125. The van der Waals surface area contributed by atoms with Crippen molar-refractivity contribution in [2.24, 2.45) is 0 Å². The molecule has 1 aliphatic heterocycles. The van der Waals surface area contributed by atoms with Gasteiger partial charge < -0.3 is 14.9 Å². The number of nitrogens with zero attached hydrogens (tertiary/aromatic N) is 5. The highest BCUT2D eigenvalue weighted by Gasteiger charge is 2.37. The third kappa shape index (κ3) is 1.06. The first-order valence-corrected chi connectivity index (χ1v) is 4.46. The van der Waals surface area contributed by atoms with Crippen molar-refractivity contribution in [3.63, 3.8) is 0 Å². The fourth-order valence-electron chi connectivity index (χ4n) is 1.59. The average Bonchev–Trinajstić information content (AvgIpc) is 2.68. The number of hydrogen-bond acceptors (Lipinski definition) is 6. The number of fused-ring (bicyclic) bond motifs is 1. The van der Waals surface area contributed by atoms with Crippen molar-refractivity contribution in [1.82, 2.24) is 20.3 Å². The van der Waals surface area contributed by atoms with Crippen molar-refractivity contribution in [3.05, 3.63) is 45.8 Å². The molecule has 8 nitrogen and oxygen atoms in total. The zero-order chi connectivity index (χ0) is 11.1. The monoisotopic (exact) mass is 219 g/mol. The van der Waals surface area contributed by atoms with Gasteiger partial charge in [0, 0.05) is 5.56 Å². The molecule has 1 aliphatic rings. The Morgan fingerprint density at radius 2 is 2.25 bits per heavy atom. The molecule has 1 aromatic heterocycles. The molecule has 0 saturated carbocycles. The molecule has 3 rings (SSSR count). The van der Waals surface area contributed by atoms with Crippen LogP contribution >= 0.6 is 0 Å². The summed E-state index contributed by atoms with van der Waals surface area (Å²) in [6.07, 6.45) is -0.559. The van der Waals surface area contributed by atoms with Crippen LogP contribution in [0.25, 0.3) is 0 Å². The van der Waals surface area contributed by atoms with E-state index in [2.05, 4.69) is 15.5 Å². The molecular weight excluding hydrogens is 214 g/mol. The number of nitro groups is 1. The Hall–Kier alpha value is -2.51. The highest BCUT2D eigenvalue weighted by molar-refractivity contribution is 5.44. The van der Waals surface area contributed by atoms with E-state index in [1.165, 1.54) is 0 Å². The van der Waals surface area contributed by atoms with E-state index < -0.39 is 11.1 Å². The molecule has 80 valence electrons. The van der Waals surface area contributed by atoms with Gasteiger partial charge in [-0.05, 0) is 6.07 Å². The molecule has 16 heavy (non-hydrogen) atoms. The molecular formula is C8H5N5O3. The second-order valence-electron chi connectivity index (χ2n) is 3.20. The lowest BCUT2D eigenvalue weighted by Gasteiger charge is -2.28. The first kappa shape index (κ1) is 8.77. The number of tetrazole rings is 1. The first-order chi connectivity index (χ1) is 7.77. The second-order valence-corrected chi connectivity index (χ2v) is 3.20. The Kier molecular flexibility index (Phi) is 1.64. The molecule has 0 fully saturated rings. The van der Waals surface area contributed by atoms with Crippen LogP contribution in [0.15, 0.2) is 24.3 Å². The minimum Gasteiger partial charge on any atom is -0.477 e. The summed E-state index contributed by atoms with van der Waals surface area (Å²) in [6, 6.07) is 7.26. The van der Waals surface area contributed by atoms with Crippen LogP contribution in [0.1, 0.15) is 17.5 Å². The van der Waals surface area contributed by atoms with Gasteiger partial charge in [-0.2, -0.15) is 0 Å². The molecule has 0 radical (unpaired) electrons. The van der Waals surface area contributed by atoms with Crippen molar-refractivity contribution < 1.29 is 9.77 Å². The smallest absolute Gasteiger partial charge is 0.270 e. The predicted octanol–water partition coefficient (Wildman–Crippen LogP) is 0.195. The summed E-state index contributed by atoms with van der Waals surface area (Å²) >= 11 is 0. The quantitative estimate of drug-likeness (QED) is 0.528. The van der Waals surface area contributed by atoms with Crippen molar-refractivity contribution in [2.75, 3.05) is 0 Å². The van der Waals surface area contributed by atoms with E-state index in [0.29, 0.717) is 10.5 Å². The van der Waals surface area contributed by atoms with E-state index in [-0.39, 0.29) is 5.82 Å². The van der Waals surface area contributed by atoms with Gasteiger partial charge in [0.15, 0.2) is 6.10 Å². The second kappa shape index (κ2) is 2.99. The van der Waals surface area contributed by atoms with Gasteiger partial charge in [0.1, 0.15) is 11.0 Å². The van der Waals surface area contributed by atoms with Crippen molar-refractivity contribution in [2.45, 2.75) is 6.10 Å². The van der Waals surface area contributed by atoms with E-state index in [1.54, 1.807) is 6.07 Å². The minimum atomic E-state index is -0.695. The Labute approximate surface area is 88.6 Å². The van der Waals surface area contributed by atoms with Crippen LogP contribution < -0.4 is 4.74 Å². The van der Waals surface area contributed by atoms with E-state index in [1.807, 2.05) is 18.2 Å². The molecule has 8 heteroatoms. The van der Waals surface area contributed by atoms with Crippen molar-refractivity contribution in [3.8, 4) is 5.75 Å². The van der Waals surface area contributed by atoms with Crippen LogP contribution in [-0.2, 0) is 0 Å². The number of para-hydroxylation sites is 1. The molecule has 0 spiro atoms. The molecule has 0 N–H and O–H groups in total. The summed E-state index contributed by atoms with van der Waals surface area (Å²) in [7, 11) is 0. The molecule has 2 aromatic rings. The molecule has 0 bridgehead atoms. The van der Waals surface area contributed by atoms with Crippen LogP contribution in [-0.4, -0.2) is 25.3 Å². The third-order valence-electron chi connectivity index (χ3n) is 2.31. The number of ether oxygens (including phenoxy) is 1. The van der Waals surface area contributed by atoms with Gasteiger partial charge >= 0.3 is 0 Å². The van der Waals surface area contributed by atoms with Crippen molar-refractivity contribution >= 4 is 0 Å². The highest BCUT2D eigenvalue weighted by atomic mass is 16.7.